The number of nitrogens with zero attached hydrogens (tertiary/aromatic N) is 9. The molecule has 4 aromatic heterocycles. The Morgan fingerprint density at radius 2 is 1.79 bits per heavy atom. The van der Waals surface area contributed by atoms with Crippen LogP contribution >= 0.6 is 0 Å². The van der Waals surface area contributed by atoms with Crippen molar-refractivity contribution in [2.24, 2.45) is 0 Å². The number of hydrogen-bond acceptors (Lipinski definition) is 7. The molecule has 4 rings (SSSR count). The fourth-order valence-electron chi connectivity index (χ4n) is 3.22. The third-order valence-corrected chi connectivity index (χ3v) is 5.06. The molecule has 34 heavy (non-hydrogen) atoms. The number of hydrogen-bond donors (Lipinski definition) is 0. The van der Waals surface area contributed by atoms with E-state index in [1.54, 1.807) is 6.92 Å². The first-order chi connectivity index (χ1) is 15.9. The molecule has 176 valence electrons. The zero-order valence-electron chi connectivity index (χ0n) is 17.3. The Bertz CT molecular complexity index is 1380. The zero-order valence-corrected chi connectivity index (χ0v) is 17.3. The van der Waals surface area contributed by atoms with Gasteiger partial charge in [0.25, 0.3) is 0 Å². The van der Waals surface area contributed by atoms with E-state index in [2.05, 4.69) is 25.3 Å². The van der Waals surface area contributed by atoms with Crippen LogP contribution in [-0.2, 0) is 12.4 Å². The van der Waals surface area contributed by atoms with Crippen molar-refractivity contribution in [3.05, 3.63) is 59.4 Å². The Labute approximate surface area is 186 Å². The van der Waals surface area contributed by atoms with E-state index in [9.17, 15) is 26.3 Å². The van der Waals surface area contributed by atoms with Gasteiger partial charge in [-0.25, -0.2) is 9.97 Å². The molecule has 0 aliphatic rings. The Hall–Kier alpha value is -4.22. The third kappa shape index (κ3) is 3.98. The lowest BCUT2D eigenvalue weighted by atomic mass is 10.2. The van der Waals surface area contributed by atoms with Crippen molar-refractivity contribution >= 4 is 11.6 Å². The molecular weight excluding hydrogens is 468 g/mol. The zero-order chi connectivity index (χ0) is 24.8. The lowest BCUT2D eigenvalue weighted by molar-refractivity contribution is -0.142. The molecule has 0 fully saturated rings. The highest BCUT2D eigenvalue weighted by Gasteiger charge is 2.40. The smallest absolute Gasteiger partial charge is 0.334 e. The predicted molar refractivity (Wildman–Crippen MR) is 104 cm³/mol. The highest BCUT2D eigenvalue weighted by molar-refractivity contribution is 5.56. The lowest BCUT2D eigenvalue weighted by Gasteiger charge is -2.24. The summed E-state index contributed by atoms with van der Waals surface area (Å²) < 4.78 is 82.3. The van der Waals surface area contributed by atoms with E-state index in [1.165, 1.54) is 41.3 Å². The molecule has 0 aliphatic heterocycles. The summed E-state index contributed by atoms with van der Waals surface area (Å²) in [5, 5.41) is 20.2. The van der Waals surface area contributed by atoms with Gasteiger partial charge in [0, 0.05) is 19.4 Å². The summed E-state index contributed by atoms with van der Waals surface area (Å²) in [7, 11) is 1.42. The first-order valence-electron chi connectivity index (χ1n) is 9.44. The highest BCUT2D eigenvalue weighted by atomic mass is 19.4. The van der Waals surface area contributed by atoms with Crippen molar-refractivity contribution in [1.82, 2.24) is 34.3 Å². The molecule has 9 nitrogen and oxygen atoms in total. The molecule has 0 aliphatic carbocycles. The molecule has 0 N–H and O–H groups in total. The molecule has 0 aromatic carbocycles. The number of nitriles is 1. The summed E-state index contributed by atoms with van der Waals surface area (Å²) >= 11 is 0. The first kappa shape index (κ1) is 23.0. The quantitative estimate of drug-likeness (QED) is 0.409. The van der Waals surface area contributed by atoms with Crippen LogP contribution in [0.3, 0.4) is 0 Å². The second-order valence-corrected chi connectivity index (χ2v) is 7.17. The Balaban J connectivity index is 1.79. The molecule has 0 bridgehead atoms. The number of halogens is 6. The second kappa shape index (κ2) is 7.97. The molecule has 0 saturated heterocycles. The standard InChI is InChI=1S/C19H13F6N9/c1-10(15-28-9-29-34(15)14-4-3-11(6-26)7-27-14)32(2)17-31-30-16-13(19(23,24)25)5-12(8-33(16)17)18(20,21)22/h3-5,7-10H,1-2H3. The van der Waals surface area contributed by atoms with Crippen molar-refractivity contribution in [3.8, 4) is 11.9 Å². The maximum atomic E-state index is 13.5. The maximum Gasteiger partial charge on any atom is 0.420 e. The van der Waals surface area contributed by atoms with Crippen LogP contribution in [0, 0.1) is 11.3 Å². The van der Waals surface area contributed by atoms with E-state index in [0.717, 1.165) is 0 Å². The molecule has 1 atom stereocenters. The van der Waals surface area contributed by atoms with Crippen LogP contribution in [0.5, 0.6) is 0 Å². The topological polar surface area (TPSA) is 101 Å². The van der Waals surface area contributed by atoms with Gasteiger partial charge < -0.3 is 4.90 Å². The Kier molecular flexibility index (Phi) is 5.38. The van der Waals surface area contributed by atoms with Gasteiger partial charge in [0.05, 0.1) is 17.2 Å². The third-order valence-electron chi connectivity index (χ3n) is 5.06. The molecule has 1 unspecified atom stereocenters. The summed E-state index contributed by atoms with van der Waals surface area (Å²) in [6.45, 7) is 1.60. The van der Waals surface area contributed by atoms with Crippen LogP contribution in [0.25, 0.3) is 11.5 Å². The number of rotatable bonds is 4. The fraction of sp³-hybridized carbons (Fsp3) is 0.263. The van der Waals surface area contributed by atoms with Crippen LogP contribution in [-0.4, -0.2) is 41.4 Å². The van der Waals surface area contributed by atoms with Gasteiger partial charge in [0.2, 0.25) is 5.95 Å². The van der Waals surface area contributed by atoms with E-state index in [-0.39, 0.29) is 17.8 Å². The van der Waals surface area contributed by atoms with Gasteiger partial charge in [-0.3, -0.25) is 4.40 Å². The fourth-order valence-corrected chi connectivity index (χ4v) is 3.22. The summed E-state index contributed by atoms with van der Waals surface area (Å²) in [6.07, 6.45) is -7.07. The minimum absolute atomic E-state index is 0.00438. The number of fused-ring (bicyclic) bond motifs is 1. The molecule has 0 amide bonds. The van der Waals surface area contributed by atoms with Crippen molar-refractivity contribution in [3.63, 3.8) is 0 Å². The Morgan fingerprint density at radius 1 is 1.06 bits per heavy atom. The number of alkyl halides is 6. The van der Waals surface area contributed by atoms with Crippen LogP contribution in [0.2, 0.25) is 0 Å². The van der Waals surface area contributed by atoms with E-state index >= 15 is 0 Å². The SMILES string of the molecule is CC(c1ncnn1-c1ccc(C#N)cn1)N(C)c1nnc2c(C(F)(F)F)cc(C(F)(F)F)cn12. The average molecular weight is 481 g/mol. The number of anilines is 1. The van der Waals surface area contributed by atoms with Crippen molar-refractivity contribution < 1.29 is 26.3 Å². The molecule has 15 heteroatoms. The van der Waals surface area contributed by atoms with Crippen molar-refractivity contribution in [2.45, 2.75) is 25.3 Å². The molecular formula is C19H13F6N9. The van der Waals surface area contributed by atoms with Crippen LogP contribution in [0.4, 0.5) is 32.3 Å². The molecule has 0 saturated carbocycles. The van der Waals surface area contributed by atoms with Gasteiger partial charge >= 0.3 is 12.4 Å². The number of aromatic nitrogens is 7. The largest absolute Gasteiger partial charge is 0.420 e. The van der Waals surface area contributed by atoms with Gasteiger partial charge in [0.1, 0.15) is 18.0 Å². The molecule has 0 radical (unpaired) electrons. The van der Waals surface area contributed by atoms with E-state index in [4.69, 9.17) is 5.26 Å². The van der Waals surface area contributed by atoms with Gasteiger partial charge in [0.15, 0.2) is 17.3 Å². The molecule has 4 heterocycles. The average Bonchev–Trinajstić information content (AvgIpc) is 3.43. The van der Waals surface area contributed by atoms with E-state index in [1.807, 2.05) is 6.07 Å². The summed E-state index contributed by atoms with van der Waals surface area (Å²) in [5.74, 6) is 0.289. The van der Waals surface area contributed by atoms with Crippen LogP contribution in [0.1, 0.15) is 35.5 Å². The maximum absolute atomic E-state index is 13.5. The minimum Gasteiger partial charge on any atom is -0.334 e. The number of pyridine rings is 2. The van der Waals surface area contributed by atoms with Gasteiger partial charge in [-0.15, -0.1) is 10.2 Å². The second-order valence-electron chi connectivity index (χ2n) is 7.17. The van der Waals surface area contributed by atoms with Gasteiger partial charge in [-0.05, 0) is 25.1 Å². The monoisotopic (exact) mass is 481 g/mol. The Morgan fingerprint density at radius 3 is 2.38 bits per heavy atom. The van der Waals surface area contributed by atoms with Gasteiger partial charge in [-0.1, -0.05) is 0 Å². The first-order valence-corrected chi connectivity index (χ1v) is 9.44. The molecule has 0 spiro atoms. The minimum atomic E-state index is -5.08. The van der Waals surface area contributed by atoms with E-state index < -0.39 is 35.2 Å². The summed E-state index contributed by atoms with van der Waals surface area (Å²) in [6, 6.07) is 4.21. The van der Waals surface area contributed by atoms with Crippen molar-refractivity contribution in [1.29, 1.82) is 5.26 Å². The summed E-state index contributed by atoms with van der Waals surface area (Å²) in [4.78, 5) is 9.58. The molecule has 4 aromatic rings. The van der Waals surface area contributed by atoms with Crippen molar-refractivity contribution in [2.75, 3.05) is 11.9 Å². The summed E-state index contributed by atoms with van der Waals surface area (Å²) in [5.41, 5.74) is -3.53. The highest BCUT2D eigenvalue weighted by Crippen LogP contribution is 2.38. The van der Waals surface area contributed by atoms with Crippen LogP contribution in [0.15, 0.2) is 36.9 Å². The van der Waals surface area contributed by atoms with E-state index in [0.29, 0.717) is 22.0 Å². The predicted octanol–water partition coefficient (Wildman–Crippen LogP) is 3.81. The normalized spacial score (nSPS) is 13.1. The van der Waals surface area contributed by atoms with Crippen LogP contribution < -0.4 is 4.90 Å². The lowest BCUT2D eigenvalue weighted by Crippen LogP contribution is -2.27. The van der Waals surface area contributed by atoms with Gasteiger partial charge in [-0.2, -0.15) is 41.4 Å².